The van der Waals surface area contributed by atoms with Crippen LogP contribution in [0.3, 0.4) is 0 Å². The minimum absolute atomic E-state index is 0.0568. The number of nitrogens with zero attached hydrogens (tertiary/aromatic N) is 3. The number of carbonyl (C=O) groups is 1. The number of likely N-dealkylation sites (N-methyl/N-ethyl adjacent to an activating group) is 1. The largest absolute Gasteiger partial charge is 0.342 e. The molecule has 7 heteroatoms. The minimum Gasteiger partial charge on any atom is -0.342 e. The predicted octanol–water partition coefficient (Wildman–Crippen LogP) is -0.774. The molecule has 1 rings (SSSR count). The normalized spacial score (nSPS) is 10.8. The summed E-state index contributed by atoms with van der Waals surface area (Å²) in [4.78, 5) is 37.3. The van der Waals surface area contributed by atoms with Crippen molar-refractivity contribution in [1.29, 1.82) is 0 Å². The standard InChI is InChI=1S/C13H22N4O3/c1-10(2)15(3)12(19)9-16-8-5-11(18)17(13(16)20)7-4-6-14/h5,8,10H,4,6-7,9,14H2,1-3H3. The molecule has 1 aromatic heterocycles. The molecule has 0 aliphatic rings. The van der Waals surface area contributed by atoms with E-state index < -0.39 is 5.69 Å². The lowest BCUT2D eigenvalue weighted by Crippen LogP contribution is -2.43. The van der Waals surface area contributed by atoms with E-state index >= 15 is 0 Å². The first kappa shape index (κ1) is 16.2. The predicted molar refractivity (Wildman–Crippen MR) is 76.5 cm³/mol. The molecule has 2 N–H and O–H groups in total. The highest BCUT2D eigenvalue weighted by molar-refractivity contribution is 5.75. The molecular formula is C13H22N4O3. The van der Waals surface area contributed by atoms with Gasteiger partial charge in [0.15, 0.2) is 0 Å². The van der Waals surface area contributed by atoms with E-state index in [1.54, 1.807) is 11.9 Å². The maximum Gasteiger partial charge on any atom is 0.331 e. The van der Waals surface area contributed by atoms with Crippen molar-refractivity contribution >= 4 is 5.91 Å². The number of rotatable bonds is 6. The zero-order valence-corrected chi connectivity index (χ0v) is 12.2. The van der Waals surface area contributed by atoms with Crippen molar-refractivity contribution in [2.75, 3.05) is 13.6 Å². The van der Waals surface area contributed by atoms with Crippen LogP contribution in [-0.4, -0.2) is 39.6 Å². The van der Waals surface area contributed by atoms with Crippen LogP contribution >= 0.6 is 0 Å². The van der Waals surface area contributed by atoms with Gasteiger partial charge in [-0.25, -0.2) is 4.79 Å². The molecule has 0 fully saturated rings. The van der Waals surface area contributed by atoms with Gasteiger partial charge in [0.2, 0.25) is 5.91 Å². The summed E-state index contributed by atoms with van der Waals surface area (Å²) in [5, 5.41) is 0. The highest BCUT2D eigenvalue weighted by Crippen LogP contribution is 1.96. The van der Waals surface area contributed by atoms with Gasteiger partial charge in [-0.2, -0.15) is 0 Å². The SMILES string of the molecule is CC(C)N(C)C(=O)Cn1ccc(=O)n(CCCN)c1=O. The van der Waals surface area contributed by atoms with Gasteiger partial charge in [-0.1, -0.05) is 0 Å². The highest BCUT2D eigenvalue weighted by atomic mass is 16.2. The Morgan fingerprint density at radius 3 is 2.60 bits per heavy atom. The van der Waals surface area contributed by atoms with Gasteiger partial charge in [0.1, 0.15) is 6.54 Å². The summed E-state index contributed by atoms with van der Waals surface area (Å²) in [5.41, 5.74) is 4.54. The first-order chi connectivity index (χ1) is 9.38. The van der Waals surface area contributed by atoms with E-state index in [4.69, 9.17) is 5.73 Å². The van der Waals surface area contributed by atoms with Crippen LogP contribution in [0.5, 0.6) is 0 Å². The van der Waals surface area contributed by atoms with Gasteiger partial charge in [0, 0.05) is 31.9 Å². The summed E-state index contributed by atoms with van der Waals surface area (Å²) < 4.78 is 2.36. The molecule has 0 aliphatic carbocycles. The summed E-state index contributed by atoms with van der Waals surface area (Å²) in [6.45, 7) is 4.38. The van der Waals surface area contributed by atoms with Crippen LogP contribution in [0, 0.1) is 0 Å². The maximum atomic E-state index is 12.1. The van der Waals surface area contributed by atoms with Crippen molar-refractivity contribution in [3.63, 3.8) is 0 Å². The van der Waals surface area contributed by atoms with Crippen molar-refractivity contribution in [2.24, 2.45) is 5.73 Å². The zero-order chi connectivity index (χ0) is 15.3. The molecule has 1 amide bonds. The summed E-state index contributed by atoms with van der Waals surface area (Å²) in [6, 6.07) is 1.35. The summed E-state index contributed by atoms with van der Waals surface area (Å²) in [6.07, 6.45) is 1.90. The second-order valence-corrected chi connectivity index (χ2v) is 4.96. The first-order valence-corrected chi connectivity index (χ1v) is 6.64. The molecule has 0 unspecified atom stereocenters. The molecule has 0 saturated carbocycles. The third-order valence-electron chi connectivity index (χ3n) is 3.20. The maximum absolute atomic E-state index is 12.1. The van der Waals surface area contributed by atoms with E-state index in [0.717, 1.165) is 4.57 Å². The van der Waals surface area contributed by atoms with Crippen molar-refractivity contribution < 1.29 is 4.79 Å². The van der Waals surface area contributed by atoms with Gasteiger partial charge < -0.3 is 10.6 Å². The van der Waals surface area contributed by atoms with Crippen LogP contribution in [0.2, 0.25) is 0 Å². The number of amides is 1. The van der Waals surface area contributed by atoms with Gasteiger partial charge in [-0.3, -0.25) is 18.7 Å². The number of aromatic nitrogens is 2. The molecule has 0 spiro atoms. The fraction of sp³-hybridized carbons (Fsp3) is 0.615. The molecule has 0 atom stereocenters. The average Bonchev–Trinajstić information content (AvgIpc) is 2.40. The molecule has 112 valence electrons. The molecular weight excluding hydrogens is 260 g/mol. The third kappa shape index (κ3) is 3.80. The fourth-order valence-electron chi connectivity index (χ4n) is 1.68. The van der Waals surface area contributed by atoms with Gasteiger partial charge >= 0.3 is 5.69 Å². The number of carbonyl (C=O) groups excluding carboxylic acids is 1. The van der Waals surface area contributed by atoms with Crippen molar-refractivity contribution in [2.45, 2.75) is 39.4 Å². The van der Waals surface area contributed by atoms with Gasteiger partial charge in [-0.15, -0.1) is 0 Å². The summed E-state index contributed by atoms with van der Waals surface area (Å²) in [7, 11) is 1.68. The Kier molecular flexibility index (Phi) is 5.69. The minimum atomic E-state index is -0.476. The molecule has 1 heterocycles. The van der Waals surface area contributed by atoms with Crippen LogP contribution < -0.4 is 17.0 Å². The van der Waals surface area contributed by atoms with Crippen molar-refractivity contribution in [3.05, 3.63) is 33.1 Å². The van der Waals surface area contributed by atoms with E-state index in [9.17, 15) is 14.4 Å². The van der Waals surface area contributed by atoms with Crippen molar-refractivity contribution in [1.82, 2.24) is 14.0 Å². The number of hydrogen-bond acceptors (Lipinski definition) is 4. The van der Waals surface area contributed by atoms with Gasteiger partial charge in [0.05, 0.1) is 0 Å². The Hall–Kier alpha value is -1.89. The molecule has 0 aliphatic heterocycles. The highest BCUT2D eigenvalue weighted by Gasteiger charge is 2.14. The van der Waals surface area contributed by atoms with Crippen LogP contribution in [0.15, 0.2) is 21.9 Å². The summed E-state index contributed by atoms with van der Waals surface area (Å²) in [5.74, 6) is -0.175. The van der Waals surface area contributed by atoms with Crippen LogP contribution in [0.1, 0.15) is 20.3 Å². The van der Waals surface area contributed by atoms with E-state index in [1.807, 2.05) is 13.8 Å². The lowest BCUT2D eigenvalue weighted by atomic mass is 10.3. The quantitative estimate of drug-likeness (QED) is 0.741. The molecule has 7 nitrogen and oxygen atoms in total. The Morgan fingerprint density at radius 1 is 1.40 bits per heavy atom. The number of nitrogens with two attached hydrogens (primary N) is 1. The van der Waals surface area contributed by atoms with Crippen molar-refractivity contribution in [3.8, 4) is 0 Å². The van der Waals surface area contributed by atoms with Crippen LogP contribution in [0.25, 0.3) is 0 Å². The molecule has 0 saturated heterocycles. The van der Waals surface area contributed by atoms with E-state index in [-0.39, 0.29) is 30.6 Å². The van der Waals surface area contributed by atoms with Gasteiger partial charge in [0.25, 0.3) is 5.56 Å². The number of hydrogen-bond donors (Lipinski definition) is 1. The van der Waals surface area contributed by atoms with Gasteiger partial charge in [-0.05, 0) is 26.8 Å². The molecule has 0 aromatic carbocycles. The van der Waals surface area contributed by atoms with Crippen LogP contribution in [-0.2, 0) is 17.9 Å². The first-order valence-electron chi connectivity index (χ1n) is 6.64. The Bertz CT molecular complexity index is 574. The topological polar surface area (TPSA) is 90.3 Å². The smallest absolute Gasteiger partial charge is 0.331 e. The Morgan fingerprint density at radius 2 is 2.05 bits per heavy atom. The van der Waals surface area contributed by atoms with E-state index in [1.165, 1.54) is 16.8 Å². The Balaban J connectivity index is 3.00. The monoisotopic (exact) mass is 282 g/mol. The zero-order valence-electron chi connectivity index (χ0n) is 12.2. The second kappa shape index (κ2) is 7.04. The van der Waals surface area contributed by atoms with E-state index in [2.05, 4.69) is 0 Å². The second-order valence-electron chi connectivity index (χ2n) is 4.96. The molecule has 0 radical (unpaired) electrons. The third-order valence-corrected chi connectivity index (χ3v) is 3.20. The lowest BCUT2D eigenvalue weighted by molar-refractivity contribution is -0.132. The lowest BCUT2D eigenvalue weighted by Gasteiger charge is -2.21. The summed E-state index contributed by atoms with van der Waals surface area (Å²) >= 11 is 0. The van der Waals surface area contributed by atoms with Crippen LogP contribution in [0.4, 0.5) is 0 Å². The average molecular weight is 282 g/mol. The molecule has 20 heavy (non-hydrogen) atoms. The van der Waals surface area contributed by atoms with E-state index in [0.29, 0.717) is 13.0 Å². The fourth-order valence-corrected chi connectivity index (χ4v) is 1.68. The Labute approximate surface area is 117 Å². The molecule has 1 aromatic rings. The molecule has 0 bridgehead atoms.